The smallest absolute Gasteiger partial charge is 0.268 e. The van der Waals surface area contributed by atoms with Gasteiger partial charge >= 0.3 is 0 Å². The fourth-order valence-corrected chi connectivity index (χ4v) is 3.58. The predicted octanol–water partition coefficient (Wildman–Crippen LogP) is 4.46. The summed E-state index contributed by atoms with van der Waals surface area (Å²) in [4.78, 5) is 38.0. The van der Waals surface area contributed by atoms with Gasteiger partial charge in [-0.15, -0.1) is 0 Å². The summed E-state index contributed by atoms with van der Waals surface area (Å²) in [5, 5.41) is 11.9. The van der Waals surface area contributed by atoms with Gasteiger partial charge in [0.15, 0.2) is 0 Å². The van der Waals surface area contributed by atoms with Gasteiger partial charge in [-0.2, -0.15) is 0 Å². The minimum absolute atomic E-state index is 0.121. The maximum atomic E-state index is 13.0. The van der Waals surface area contributed by atoms with Gasteiger partial charge in [-0.3, -0.25) is 19.7 Å². The molecular weight excluding hydrogens is 447 g/mol. The molecule has 0 N–H and O–H groups in total. The van der Waals surface area contributed by atoms with E-state index in [9.17, 15) is 19.7 Å². The van der Waals surface area contributed by atoms with Crippen molar-refractivity contribution in [1.82, 2.24) is 0 Å². The summed E-state index contributed by atoms with van der Waals surface area (Å²) in [5.41, 5.74) is 1.90. The first kappa shape index (κ1) is 16.6. The van der Waals surface area contributed by atoms with Crippen molar-refractivity contribution < 1.29 is 14.5 Å². The molecule has 0 radical (unpaired) electrons. The van der Waals surface area contributed by atoms with Gasteiger partial charge in [-0.05, 0) is 71.5 Å². The number of carbonyl (C=O) groups excluding carboxylic acids is 2. The summed E-state index contributed by atoms with van der Waals surface area (Å²) in [6.07, 6.45) is 0. The summed E-state index contributed by atoms with van der Waals surface area (Å²) in [6.45, 7) is 1.90. The fraction of sp³-hybridized carbons (Fsp3) is 0.0526. The standard InChI is InChI=1S/C19H11IN2O4/c1-10-9-11(5-7-15(10)20)21-18(23)13-4-2-3-12-16(22(25)26)8-6-14(17(12)13)19(21)24/h2-9H,1H3. The van der Waals surface area contributed by atoms with Crippen LogP contribution in [-0.2, 0) is 0 Å². The van der Waals surface area contributed by atoms with Crippen LogP contribution in [0.15, 0.2) is 48.5 Å². The molecule has 2 amide bonds. The van der Waals surface area contributed by atoms with E-state index in [1.165, 1.54) is 12.1 Å². The van der Waals surface area contributed by atoms with Crippen molar-refractivity contribution in [1.29, 1.82) is 0 Å². The SMILES string of the molecule is Cc1cc(N2C(=O)c3cccc4c([N+](=O)[O-])ccc(c34)C2=O)ccc1I. The first-order chi connectivity index (χ1) is 12.4. The van der Waals surface area contributed by atoms with Crippen LogP contribution in [0.3, 0.4) is 0 Å². The number of non-ortho nitro benzene ring substituents is 1. The second-order valence-corrected chi connectivity index (χ2v) is 7.16. The van der Waals surface area contributed by atoms with Crippen molar-refractivity contribution in [2.75, 3.05) is 4.90 Å². The van der Waals surface area contributed by atoms with Crippen LogP contribution in [0.5, 0.6) is 0 Å². The lowest BCUT2D eigenvalue weighted by Gasteiger charge is -2.27. The number of halogens is 1. The Kier molecular flexibility index (Phi) is 3.76. The van der Waals surface area contributed by atoms with Crippen LogP contribution in [0.4, 0.5) is 11.4 Å². The van der Waals surface area contributed by atoms with Gasteiger partial charge in [-0.25, -0.2) is 4.90 Å². The van der Waals surface area contributed by atoms with E-state index in [-0.39, 0.29) is 16.8 Å². The van der Waals surface area contributed by atoms with Gasteiger partial charge in [0.25, 0.3) is 17.5 Å². The highest BCUT2D eigenvalue weighted by Crippen LogP contribution is 2.37. The Morgan fingerprint density at radius 2 is 1.69 bits per heavy atom. The number of imide groups is 1. The van der Waals surface area contributed by atoms with Gasteiger partial charge in [-0.1, -0.05) is 6.07 Å². The number of nitro benzene ring substituents is 1. The van der Waals surface area contributed by atoms with E-state index in [0.29, 0.717) is 16.5 Å². The molecule has 0 unspecified atom stereocenters. The normalized spacial score (nSPS) is 13.4. The highest BCUT2D eigenvalue weighted by Gasteiger charge is 2.35. The van der Waals surface area contributed by atoms with Crippen LogP contribution in [0, 0.1) is 20.6 Å². The second-order valence-electron chi connectivity index (χ2n) is 6.00. The molecule has 3 aromatic rings. The molecule has 4 rings (SSSR count). The highest BCUT2D eigenvalue weighted by atomic mass is 127. The summed E-state index contributed by atoms with van der Waals surface area (Å²) < 4.78 is 1.03. The van der Waals surface area contributed by atoms with E-state index in [1.807, 2.05) is 13.0 Å². The summed E-state index contributed by atoms with van der Waals surface area (Å²) >= 11 is 2.18. The largest absolute Gasteiger partial charge is 0.277 e. The number of anilines is 1. The topological polar surface area (TPSA) is 80.5 Å². The van der Waals surface area contributed by atoms with Crippen molar-refractivity contribution in [3.8, 4) is 0 Å². The number of nitro groups is 1. The number of carbonyl (C=O) groups is 2. The molecule has 26 heavy (non-hydrogen) atoms. The zero-order valence-corrected chi connectivity index (χ0v) is 15.7. The van der Waals surface area contributed by atoms with Crippen molar-refractivity contribution in [2.45, 2.75) is 6.92 Å². The average Bonchev–Trinajstić information content (AvgIpc) is 2.62. The molecule has 6 nitrogen and oxygen atoms in total. The number of aryl methyl sites for hydroxylation is 1. The molecule has 0 saturated heterocycles. The summed E-state index contributed by atoms with van der Waals surface area (Å²) in [6, 6.07) is 12.8. The number of benzene rings is 3. The van der Waals surface area contributed by atoms with Crippen molar-refractivity contribution in [3.63, 3.8) is 0 Å². The first-order valence-corrected chi connectivity index (χ1v) is 8.83. The number of amides is 2. The van der Waals surface area contributed by atoms with E-state index < -0.39 is 16.7 Å². The summed E-state index contributed by atoms with van der Waals surface area (Å²) in [5.74, 6) is -0.955. The molecule has 0 aliphatic carbocycles. The van der Waals surface area contributed by atoms with Gasteiger partial charge in [0.2, 0.25) is 0 Å². The van der Waals surface area contributed by atoms with Crippen LogP contribution in [-0.4, -0.2) is 16.7 Å². The molecule has 128 valence electrons. The Bertz CT molecular complexity index is 1120. The number of nitrogens with zero attached hydrogens (tertiary/aromatic N) is 2. The monoisotopic (exact) mass is 458 g/mol. The molecule has 7 heteroatoms. The van der Waals surface area contributed by atoms with Crippen molar-refractivity contribution in [3.05, 3.63) is 78.9 Å². The second kappa shape index (κ2) is 5.87. The molecule has 0 bridgehead atoms. The number of hydrogen-bond donors (Lipinski definition) is 0. The summed E-state index contributed by atoms with van der Waals surface area (Å²) in [7, 11) is 0. The van der Waals surface area contributed by atoms with Crippen LogP contribution in [0.1, 0.15) is 26.3 Å². The van der Waals surface area contributed by atoms with Crippen LogP contribution >= 0.6 is 22.6 Å². The van der Waals surface area contributed by atoms with E-state index in [0.717, 1.165) is 14.0 Å². The van der Waals surface area contributed by atoms with E-state index in [1.54, 1.807) is 30.3 Å². The van der Waals surface area contributed by atoms with Gasteiger partial charge in [0.05, 0.1) is 16.0 Å². The minimum Gasteiger partial charge on any atom is -0.268 e. The number of hydrogen-bond acceptors (Lipinski definition) is 4. The molecular formula is C19H11IN2O4. The van der Waals surface area contributed by atoms with Crippen LogP contribution in [0.2, 0.25) is 0 Å². The van der Waals surface area contributed by atoms with Crippen molar-refractivity contribution >= 4 is 56.6 Å². The highest BCUT2D eigenvalue weighted by molar-refractivity contribution is 14.1. The Labute approximate surface area is 161 Å². The molecule has 0 fully saturated rings. The Morgan fingerprint density at radius 1 is 1.00 bits per heavy atom. The molecule has 3 aromatic carbocycles. The fourth-order valence-electron chi connectivity index (χ4n) is 3.24. The number of rotatable bonds is 2. The molecule has 1 aliphatic rings. The Balaban J connectivity index is 1.98. The molecule has 1 aliphatic heterocycles. The molecule has 0 atom stereocenters. The molecule has 1 heterocycles. The van der Waals surface area contributed by atoms with E-state index in [4.69, 9.17) is 0 Å². The maximum absolute atomic E-state index is 13.0. The van der Waals surface area contributed by atoms with Crippen LogP contribution < -0.4 is 4.90 Å². The third kappa shape index (κ3) is 2.31. The third-order valence-corrected chi connectivity index (χ3v) is 5.69. The van der Waals surface area contributed by atoms with E-state index >= 15 is 0 Å². The Morgan fingerprint density at radius 3 is 2.35 bits per heavy atom. The van der Waals surface area contributed by atoms with Crippen LogP contribution in [0.25, 0.3) is 10.8 Å². The maximum Gasteiger partial charge on any atom is 0.277 e. The quantitative estimate of drug-likeness (QED) is 0.246. The molecule has 0 aromatic heterocycles. The molecule has 0 spiro atoms. The zero-order valence-electron chi connectivity index (χ0n) is 13.5. The predicted molar refractivity (Wildman–Crippen MR) is 106 cm³/mol. The van der Waals surface area contributed by atoms with Crippen molar-refractivity contribution in [2.24, 2.45) is 0 Å². The lowest BCUT2D eigenvalue weighted by molar-refractivity contribution is -0.383. The van der Waals surface area contributed by atoms with E-state index in [2.05, 4.69) is 22.6 Å². The van der Waals surface area contributed by atoms with Gasteiger partial charge < -0.3 is 0 Å². The zero-order chi connectivity index (χ0) is 18.6. The van der Waals surface area contributed by atoms with Gasteiger partial charge in [0.1, 0.15) is 0 Å². The average molecular weight is 458 g/mol. The third-order valence-electron chi connectivity index (χ3n) is 4.48. The molecule has 0 saturated carbocycles. The van der Waals surface area contributed by atoms with Gasteiger partial charge in [0, 0.05) is 26.1 Å². The Hall–Kier alpha value is -2.81. The lowest BCUT2D eigenvalue weighted by atomic mass is 9.92. The minimum atomic E-state index is -0.507. The first-order valence-electron chi connectivity index (χ1n) is 7.75. The lowest BCUT2D eigenvalue weighted by Crippen LogP contribution is -2.40.